The molecule has 0 radical (unpaired) electrons. The molecule has 120 valence electrons. The van der Waals surface area contributed by atoms with Crippen LogP contribution in [0.25, 0.3) is 0 Å². The first kappa shape index (κ1) is 15.8. The van der Waals surface area contributed by atoms with Crippen LogP contribution in [0.1, 0.15) is 13.8 Å². The van der Waals surface area contributed by atoms with Crippen molar-refractivity contribution in [2.75, 3.05) is 5.32 Å². The standard InChI is InChI=1S/C18H18ClNO3/c1-9(2)14-12-7-8-13(14)16(18(22)23)15(12)17(21)20-11-5-3-10(19)4-6-11/h3-8,12-13,15-16H,1-2H3,(H,20,21)(H,22,23)/t12-,13+,15+,16-/m0/s1. The van der Waals surface area contributed by atoms with Crippen LogP contribution in [-0.2, 0) is 9.59 Å². The van der Waals surface area contributed by atoms with E-state index in [9.17, 15) is 14.7 Å². The van der Waals surface area contributed by atoms with E-state index in [2.05, 4.69) is 5.32 Å². The number of hydrogen-bond donors (Lipinski definition) is 2. The molecule has 2 aliphatic carbocycles. The first-order valence-electron chi connectivity index (χ1n) is 7.55. The number of allylic oxidation sites excluding steroid dienone is 4. The molecular formula is C18H18ClNO3. The summed E-state index contributed by atoms with van der Waals surface area (Å²) in [7, 11) is 0. The van der Waals surface area contributed by atoms with Gasteiger partial charge in [-0.15, -0.1) is 0 Å². The van der Waals surface area contributed by atoms with E-state index in [-0.39, 0.29) is 17.7 Å². The molecule has 0 saturated heterocycles. The van der Waals surface area contributed by atoms with Crippen LogP contribution >= 0.6 is 11.6 Å². The Labute approximate surface area is 139 Å². The van der Waals surface area contributed by atoms with Gasteiger partial charge in [-0.1, -0.05) is 34.9 Å². The lowest BCUT2D eigenvalue weighted by Crippen LogP contribution is -2.36. The molecule has 1 saturated carbocycles. The third kappa shape index (κ3) is 2.68. The van der Waals surface area contributed by atoms with Crippen molar-refractivity contribution in [1.82, 2.24) is 0 Å². The zero-order valence-electron chi connectivity index (χ0n) is 12.9. The molecule has 0 spiro atoms. The molecule has 4 nitrogen and oxygen atoms in total. The van der Waals surface area contributed by atoms with Gasteiger partial charge in [0.05, 0.1) is 11.8 Å². The van der Waals surface area contributed by atoms with Crippen molar-refractivity contribution >= 4 is 29.2 Å². The highest BCUT2D eigenvalue weighted by Gasteiger charge is 2.54. The maximum Gasteiger partial charge on any atom is 0.308 e. The summed E-state index contributed by atoms with van der Waals surface area (Å²) in [5, 5.41) is 13.0. The lowest BCUT2D eigenvalue weighted by atomic mass is 9.82. The number of anilines is 1. The summed E-state index contributed by atoms with van der Waals surface area (Å²) in [5.74, 6) is -2.76. The summed E-state index contributed by atoms with van der Waals surface area (Å²) in [6.07, 6.45) is 3.90. The zero-order valence-corrected chi connectivity index (χ0v) is 13.7. The van der Waals surface area contributed by atoms with Gasteiger partial charge in [0, 0.05) is 22.5 Å². The quantitative estimate of drug-likeness (QED) is 0.829. The first-order chi connectivity index (χ1) is 10.9. The van der Waals surface area contributed by atoms with E-state index in [1.165, 1.54) is 0 Å². The van der Waals surface area contributed by atoms with Crippen molar-refractivity contribution in [2.24, 2.45) is 23.7 Å². The van der Waals surface area contributed by atoms with E-state index < -0.39 is 17.8 Å². The van der Waals surface area contributed by atoms with E-state index in [4.69, 9.17) is 11.6 Å². The topological polar surface area (TPSA) is 66.4 Å². The molecule has 1 amide bonds. The number of carboxylic acid groups (broad SMARTS) is 1. The molecule has 5 heteroatoms. The average molecular weight is 332 g/mol. The largest absolute Gasteiger partial charge is 0.481 e. The van der Waals surface area contributed by atoms with Crippen LogP contribution in [0.2, 0.25) is 5.02 Å². The number of hydrogen-bond acceptors (Lipinski definition) is 2. The lowest BCUT2D eigenvalue weighted by Gasteiger charge is -2.23. The number of rotatable bonds is 3. The Morgan fingerprint density at radius 1 is 1.04 bits per heavy atom. The van der Waals surface area contributed by atoms with Gasteiger partial charge in [-0.3, -0.25) is 9.59 Å². The van der Waals surface area contributed by atoms with E-state index >= 15 is 0 Å². The van der Waals surface area contributed by atoms with Gasteiger partial charge in [0.25, 0.3) is 0 Å². The number of nitrogens with one attached hydrogen (secondary N) is 1. The van der Waals surface area contributed by atoms with Crippen LogP contribution < -0.4 is 5.32 Å². The number of carboxylic acids is 1. The Morgan fingerprint density at radius 3 is 2.13 bits per heavy atom. The number of carbonyl (C=O) groups is 2. The minimum Gasteiger partial charge on any atom is -0.481 e. The van der Waals surface area contributed by atoms with Crippen molar-refractivity contribution in [2.45, 2.75) is 13.8 Å². The van der Waals surface area contributed by atoms with Gasteiger partial charge in [0.1, 0.15) is 0 Å². The monoisotopic (exact) mass is 331 g/mol. The zero-order chi connectivity index (χ0) is 16.7. The minimum atomic E-state index is -0.920. The molecule has 2 bridgehead atoms. The fourth-order valence-electron chi connectivity index (χ4n) is 3.80. The van der Waals surface area contributed by atoms with E-state index in [1.54, 1.807) is 24.3 Å². The molecule has 0 aromatic heterocycles. The first-order valence-corrected chi connectivity index (χ1v) is 7.92. The molecule has 2 N–H and O–H groups in total. The van der Waals surface area contributed by atoms with Crippen LogP contribution in [0.5, 0.6) is 0 Å². The van der Waals surface area contributed by atoms with Gasteiger partial charge in [0.15, 0.2) is 0 Å². The third-order valence-corrected chi connectivity index (χ3v) is 4.93. The fourth-order valence-corrected chi connectivity index (χ4v) is 3.93. The average Bonchev–Trinajstić information content (AvgIpc) is 3.05. The normalized spacial score (nSPS) is 28.0. The van der Waals surface area contributed by atoms with Crippen LogP contribution in [0.15, 0.2) is 47.6 Å². The number of carbonyl (C=O) groups excluding carboxylic acids is 1. The smallest absolute Gasteiger partial charge is 0.308 e. The second kappa shape index (κ2) is 5.85. The summed E-state index contributed by atoms with van der Waals surface area (Å²) in [6.45, 7) is 3.95. The number of fused-ring (bicyclic) bond motifs is 2. The van der Waals surface area contributed by atoms with Crippen LogP contribution in [0.3, 0.4) is 0 Å². The predicted octanol–water partition coefficient (Wildman–Crippen LogP) is 3.75. The van der Waals surface area contributed by atoms with Crippen molar-refractivity contribution < 1.29 is 14.7 Å². The van der Waals surface area contributed by atoms with Crippen LogP contribution in [-0.4, -0.2) is 17.0 Å². The highest BCUT2D eigenvalue weighted by molar-refractivity contribution is 6.30. The van der Waals surface area contributed by atoms with Gasteiger partial charge >= 0.3 is 5.97 Å². The molecule has 0 unspecified atom stereocenters. The molecule has 2 aliphatic rings. The Kier molecular flexibility index (Phi) is 4.02. The molecule has 3 rings (SSSR count). The molecule has 4 atom stereocenters. The lowest BCUT2D eigenvalue weighted by molar-refractivity contribution is -0.146. The summed E-state index contributed by atoms with van der Waals surface area (Å²) < 4.78 is 0. The molecule has 1 aromatic rings. The van der Waals surface area contributed by atoms with Crippen LogP contribution in [0.4, 0.5) is 5.69 Å². The molecule has 1 fully saturated rings. The van der Waals surface area contributed by atoms with Gasteiger partial charge in [-0.2, -0.15) is 0 Å². The fraction of sp³-hybridized carbons (Fsp3) is 0.333. The second-order valence-electron chi connectivity index (χ2n) is 6.28. The SMILES string of the molecule is CC(C)=C1[C@H]2C=C[C@@H]1[C@@H](C(=O)Nc1ccc(Cl)cc1)[C@H]2C(=O)O. The summed E-state index contributed by atoms with van der Waals surface area (Å²) in [6, 6.07) is 6.80. The van der Waals surface area contributed by atoms with E-state index in [0.29, 0.717) is 10.7 Å². The minimum absolute atomic E-state index is 0.126. The third-order valence-electron chi connectivity index (χ3n) is 4.68. The highest BCUT2D eigenvalue weighted by Crippen LogP contribution is 2.53. The highest BCUT2D eigenvalue weighted by atomic mass is 35.5. The summed E-state index contributed by atoms with van der Waals surface area (Å²) >= 11 is 5.84. The Hall–Kier alpha value is -2.07. The van der Waals surface area contributed by atoms with Crippen molar-refractivity contribution in [3.8, 4) is 0 Å². The maximum atomic E-state index is 12.7. The van der Waals surface area contributed by atoms with Crippen molar-refractivity contribution in [3.05, 3.63) is 52.6 Å². The summed E-state index contributed by atoms with van der Waals surface area (Å²) in [4.78, 5) is 24.4. The Morgan fingerprint density at radius 2 is 1.61 bits per heavy atom. The van der Waals surface area contributed by atoms with Crippen molar-refractivity contribution in [3.63, 3.8) is 0 Å². The number of amides is 1. The number of halogens is 1. The summed E-state index contributed by atoms with van der Waals surface area (Å²) in [5.41, 5.74) is 2.79. The van der Waals surface area contributed by atoms with Gasteiger partial charge in [-0.25, -0.2) is 0 Å². The maximum absolute atomic E-state index is 12.7. The van der Waals surface area contributed by atoms with Crippen molar-refractivity contribution in [1.29, 1.82) is 0 Å². The molecule has 23 heavy (non-hydrogen) atoms. The predicted molar refractivity (Wildman–Crippen MR) is 89.2 cm³/mol. The van der Waals surface area contributed by atoms with E-state index in [1.807, 2.05) is 26.0 Å². The van der Waals surface area contributed by atoms with E-state index in [0.717, 1.165) is 11.1 Å². The van der Waals surface area contributed by atoms with Gasteiger partial charge in [0.2, 0.25) is 5.91 Å². The van der Waals surface area contributed by atoms with Gasteiger partial charge in [-0.05, 0) is 38.1 Å². The Balaban J connectivity index is 1.89. The molecular weight excluding hydrogens is 314 g/mol. The molecule has 0 heterocycles. The number of aliphatic carboxylic acids is 1. The Bertz CT molecular complexity index is 716. The molecule has 0 aliphatic heterocycles. The van der Waals surface area contributed by atoms with Gasteiger partial charge < -0.3 is 10.4 Å². The second-order valence-corrected chi connectivity index (χ2v) is 6.71. The molecule has 1 aromatic carbocycles. The van der Waals surface area contributed by atoms with Crippen LogP contribution in [0, 0.1) is 23.7 Å². The number of benzene rings is 1.